The van der Waals surface area contributed by atoms with E-state index in [4.69, 9.17) is 9.47 Å². The minimum atomic E-state index is -0.601. The lowest BCUT2D eigenvalue weighted by Crippen LogP contribution is -2.16. The summed E-state index contributed by atoms with van der Waals surface area (Å²) in [6.07, 6.45) is 2.82. The number of nitro groups is 1. The number of hydrogen-bond acceptors (Lipinski definition) is 10. The van der Waals surface area contributed by atoms with Crippen LogP contribution in [0, 0.1) is 21.4 Å². The summed E-state index contributed by atoms with van der Waals surface area (Å²) in [7, 11) is 1.42. The van der Waals surface area contributed by atoms with Crippen LogP contribution >= 0.6 is 0 Å². The second-order valence-corrected chi connectivity index (χ2v) is 7.08. The zero-order chi connectivity index (χ0) is 25.5. The van der Waals surface area contributed by atoms with Crippen LogP contribution < -0.4 is 20.5 Å². The van der Waals surface area contributed by atoms with Crippen LogP contribution in [0.3, 0.4) is 0 Å². The van der Waals surface area contributed by atoms with Gasteiger partial charge in [0.05, 0.1) is 23.9 Å². The molecule has 12 heteroatoms. The van der Waals surface area contributed by atoms with Gasteiger partial charge in [0.15, 0.2) is 11.5 Å². The zero-order valence-corrected chi connectivity index (χ0v) is 18.7. The number of pyridine rings is 1. The number of aromatic amines is 1. The molecule has 4 rings (SSSR count). The number of nitriles is 1. The first-order chi connectivity index (χ1) is 17.5. The maximum Gasteiger partial charge on any atom is 0.331 e. The number of aromatic nitrogens is 3. The van der Waals surface area contributed by atoms with Gasteiger partial charge in [-0.3, -0.25) is 19.9 Å². The van der Waals surface area contributed by atoms with Gasteiger partial charge in [-0.05, 0) is 29.8 Å². The van der Waals surface area contributed by atoms with Crippen molar-refractivity contribution in [1.82, 2.24) is 15.0 Å². The summed E-state index contributed by atoms with van der Waals surface area (Å²) in [5.74, 6) is 0.377. The van der Waals surface area contributed by atoms with Crippen LogP contribution in [-0.2, 0) is 0 Å². The Morgan fingerprint density at radius 3 is 2.69 bits per heavy atom. The van der Waals surface area contributed by atoms with Crippen molar-refractivity contribution < 1.29 is 14.4 Å². The molecule has 178 valence electrons. The Balaban J connectivity index is 1.55. The fraction of sp³-hybridized carbons (Fsp3) is 0.0417. The molecule has 2 aromatic heterocycles. The number of benzene rings is 2. The highest BCUT2D eigenvalue weighted by Crippen LogP contribution is 2.34. The van der Waals surface area contributed by atoms with Gasteiger partial charge < -0.3 is 9.47 Å². The number of nitrogens with zero attached hydrogens (tertiary/aromatic N) is 5. The number of hydrogen-bond donors (Lipinski definition) is 2. The van der Waals surface area contributed by atoms with Crippen molar-refractivity contribution in [2.75, 3.05) is 12.5 Å². The third-order valence-electron chi connectivity index (χ3n) is 4.80. The first kappa shape index (κ1) is 23.6. The molecule has 0 aliphatic heterocycles. The lowest BCUT2D eigenvalue weighted by Gasteiger charge is -2.10. The number of nitrogens with one attached hydrogen (secondary N) is 2. The van der Waals surface area contributed by atoms with Crippen LogP contribution in [0.15, 0.2) is 76.8 Å². The van der Waals surface area contributed by atoms with Gasteiger partial charge in [-0.1, -0.05) is 30.3 Å². The maximum absolute atomic E-state index is 12.3. The summed E-state index contributed by atoms with van der Waals surface area (Å²) >= 11 is 0. The lowest BCUT2D eigenvalue weighted by molar-refractivity contribution is -0.386. The van der Waals surface area contributed by atoms with Crippen molar-refractivity contribution in [2.24, 2.45) is 5.10 Å². The molecule has 0 saturated carbocycles. The summed E-state index contributed by atoms with van der Waals surface area (Å²) in [6.45, 7) is 0. The van der Waals surface area contributed by atoms with Crippen LogP contribution in [0.2, 0.25) is 0 Å². The Bertz CT molecular complexity index is 1540. The fourth-order valence-corrected chi connectivity index (χ4v) is 3.16. The topological polar surface area (TPSA) is 168 Å². The van der Waals surface area contributed by atoms with E-state index < -0.39 is 10.5 Å². The predicted octanol–water partition coefficient (Wildman–Crippen LogP) is 3.86. The molecule has 2 heterocycles. The van der Waals surface area contributed by atoms with Crippen LogP contribution in [-0.4, -0.2) is 33.2 Å². The highest BCUT2D eigenvalue weighted by molar-refractivity contribution is 5.81. The molecule has 36 heavy (non-hydrogen) atoms. The van der Waals surface area contributed by atoms with E-state index in [1.54, 1.807) is 42.5 Å². The van der Waals surface area contributed by atoms with E-state index in [2.05, 4.69) is 25.5 Å². The largest absolute Gasteiger partial charge is 0.493 e. The normalized spacial score (nSPS) is 10.6. The molecule has 0 unspecified atom stereocenters. The standard InChI is InChI=1S/C24H17N7O5/c1-35-20-12-15(9-10-19(20)36-23-18(31(33)34)8-5-11-26-23)14-27-30-24-28-21(16-6-3-2-4-7-16)17(13-25)22(32)29-24/h2-12,14H,1H3,(H2,28,29,30,32). The van der Waals surface area contributed by atoms with Gasteiger partial charge in [0, 0.05) is 17.8 Å². The minimum Gasteiger partial charge on any atom is -0.493 e. The number of H-pyrrole nitrogens is 1. The van der Waals surface area contributed by atoms with Crippen molar-refractivity contribution >= 4 is 17.9 Å². The molecule has 0 aliphatic rings. The van der Waals surface area contributed by atoms with Crippen LogP contribution in [0.4, 0.5) is 11.6 Å². The van der Waals surface area contributed by atoms with Crippen LogP contribution in [0.25, 0.3) is 11.3 Å². The Morgan fingerprint density at radius 2 is 1.97 bits per heavy atom. The van der Waals surface area contributed by atoms with E-state index in [-0.39, 0.29) is 40.3 Å². The van der Waals surface area contributed by atoms with Gasteiger partial charge in [-0.2, -0.15) is 10.4 Å². The van der Waals surface area contributed by atoms with E-state index in [0.717, 1.165) is 0 Å². The second-order valence-electron chi connectivity index (χ2n) is 7.08. The van der Waals surface area contributed by atoms with E-state index >= 15 is 0 Å². The van der Waals surface area contributed by atoms with E-state index in [0.29, 0.717) is 11.1 Å². The molecule has 0 spiro atoms. The van der Waals surface area contributed by atoms with Gasteiger partial charge in [0.2, 0.25) is 5.95 Å². The molecular formula is C24H17N7O5. The van der Waals surface area contributed by atoms with E-state index in [1.807, 2.05) is 12.1 Å². The minimum absolute atomic E-state index is 0.0449. The maximum atomic E-state index is 12.3. The highest BCUT2D eigenvalue weighted by atomic mass is 16.6. The van der Waals surface area contributed by atoms with Gasteiger partial charge in [0.25, 0.3) is 11.4 Å². The number of methoxy groups -OCH3 is 1. The molecule has 0 fully saturated rings. The van der Waals surface area contributed by atoms with E-state index in [1.165, 1.54) is 31.7 Å². The molecule has 12 nitrogen and oxygen atoms in total. The average Bonchev–Trinajstić information content (AvgIpc) is 2.90. The highest BCUT2D eigenvalue weighted by Gasteiger charge is 2.18. The van der Waals surface area contributed by atoms with Crippen molar-refractivity contribution in [3.63, 3.8) is 0 Å². The van der Waals surface area contributed by atoms with Crippen molar-refractivity contribution in [2.45, 2.75) is 0 Å². The van der Waals surface area contributed by atoms with Crippen molar-refractivity contribution in [1.29, 1.82) is 5.26 Å². The SMILES string of the molecule is COc1cc(C=NNc2nc(-c3ccccc3)c(C#N)c(=O)[nH]2)ccc1Oc1ncccc1[N+](=O)[O-]. The first-order valence-corrected chi connectivity index (χ1v) is 10.3. The zero-order valence-electron chi connectivity index (χ0n) is 18.7. The summed E-state index contributed by atoms with van der Waals surface area (Å²) < 4.78 is 10.9. The smallest absolute Gasteiger partial charge is 0.331 e. The summed E-state index contributed by atoms with van der Waals surface area (Å²) in [6, 6.07) is 18.2. The molecular weight excluding hydrogens is 466 g/mol. The second kappa shape index (κ2) is 10.6. The Kier molecular flexibility index (Phi) is 6.93. The van der Waals surface area contributed by atoms with Gasteiger partial charge >= 0.3 is 5.69 Å². The predicted molar refractivity (Wildman–Crippen MR) is 130 cm³/mol. The van der Waals surface area contributed by atoms with Crippen molar-refractivity contribution in [3.8, 4) is 34.7 Å². The Morgan fingerprint density at radius 1 is 1.17 bits per heavy atom. The number of hydrazone groups is 1. The Labute approximate surface area is 203 Å². The monoisotopic (exact) mass is 483 g/mol. The summed E-state index contributed by atoms with van der Waals surface area (Å²) in [5.41, 5.74) is 3.08. The third kappa shape index (κ3) is 5.15. The molecule has 0 atom stereocenters. The number of ether oxygens (including phenoxy) is 2. The van der Waals surface area contributed by atoms with Crippen LogP contribution in [0.5, 0.6) is 17.4 Å². The molecule has 2 N–H and O–H groups in total. The molecule has 2 aromatic carbocycles. The quantitative estimate of drug-likeness (QED) is 0.215. The van der Waals surface area contributed by atoms with Gasteiger partial charge in [0.1, 0.15) is 11.6 Å². The molecule has 0 amide bonds. The fourth-order valence-electron chi connectivity index (χ4n) is 3.16. The molecule has 0 radical (unpaired) electrons. The molecule has 0 bridgehead atoms. The third-order valence-corrected chi connectivity index (χ3v) is 4.80. The number of anilines is 1. The van der Waals surface area contributed by atoms with Gasteiger partial charge in [-0.15, -0.1) is 0 Å². The van der Waals surface area contributed by atoms with Gasteiger partial charge in [-0.25, -0.2) is 15.4 Å². The van der Waals surface area contributed by atoms with Crippen LogP contribution in [0.1, 0.15) is 11.1 Å². The summed E-state index contributed by atoms with van der Waals surface area (Å²) in [4.78, 5) is 33.7. The lowest BCUT2D eigenvalue weighted by atomic mass is 10.1. The first-order valence-electron chi connectivity index (χ1n) is 10.3. The molecule has 0 aliphatic carbocycles. The molecule has 4 aromatic rings. The van der Waals surface area contributed by atoms with E-state index in [9.17, 15) is 20.2 Å². The average molecular weight is 483 g/mol. The Hall–Kier alpha value is -5.57. The summed E-state index contributed by atoms with van der Waals surface area (Å²) in [5, 5.41) is 24.6. The number of rotatable bonds is 8. The molecule has 0 saturated heterocycles. The van der Waals surface area contributed by atoms with Crippen molar-refractivity contribution in [3.05, 3.63) is 98.5 Å².